The Morgan fingerprint density at radius 3 is 2.33 bits per heavy atom. The monoisotopic (exact) mass is 547 g/mol. The molecule has 0 spiro atoms. The molecule has 204 valence electrons. The van der Waals surface area contributed by atoms with E-state index >= 15 is 0 Å². The minimum atomic E-state index is -0.754. The van der Waals surface area contributed by atoms with Gasteiger partial charge in [-0.2, -0.15) is 0 Å². The molecule has 5 rings (SSSR count). The number of rotatable bonds is 6. The van der Waals surface area contributed by atoms with Crippen LogP contribution in [0, 0.1) is 0 Å². The third kappa shape index (κ3) is 6.55. The summed E-state index contributed by atoms with van der Waals surface area (Å²) in [7, 11) is 1.63. The average Bonchev–Trinajstić information content (AvgIpc) is 3.13. The van der Waals surface area contributed by atoms with E-state index in [1.165, 1.54) is 0 Å². The normalized spacial score (nSPS) is 19.6. The van der Waals surface area contributed by atoms with Crippen LogP contribution in [0.3, 0.4) is 0 Å². The molecule has 3 aromatic carbocycles. The predicted molar refractivity (Wildman–Crippen MR) is 151 cm³/mol. The lowest BCUT2D eigenvalue weighted by molar-refractivity contribution is -0.120. The van der Waals surface area contributed by atoms with E-state index in [0.29, 0.717) is 26.2 Å². The van der Waals surface area contributed by atoms with Crippen LogP contribution in [0.2, 0.25) is 0 Å². The van der Waals surface area contributed by atoms with Crippen LogP contribution < -0.4 is 9.64 Å². The van der Waals surface area contributed by atoms with Crippen molar-refractivity contribution in [1.82, 2.24) is 9.80 Å². The van der Waals surface area contributed by atoms with E-state index in [0.717, 1.165) is 27.5 Å². The molecule has 8 nitrogen and oxygen atoms in total. The van der Waals surface area contributed by atoms with Crippen LogP contribution in [0.1, 0.15) is 16.4 Å². The second kappa shape index (κ2) is 12.5. The number of para-hydroxylation sites is 1. The molecule has 2 aliphatic heterocycles. The average molecular weight is 548 g/mol. The maximum Gasteiger partial charge on any atom is 0.410 e. The van der Waals surface area contributed by atoms with E-state index in [4.69, 9.17) is 9.47 Å². The number of carbonyl (C=O) groups is 2. The molecule has 1 N–H and O–H groups in total. The second-order valence-electron chi connectivity index (χ2n) is 9.65. The summed E-state index contributed by atoms with van der Waals surface area (Å²) in [5.41, 5.74) is 2.74. The number of benzene rings is 3. The number of methoxy groups -OCH3 is 1. The number of carbonyl (C=O) groups excluding carboxylic acids is 2. The van der Waals surface area contributed by atoms with Gasteiger partial charge in [-0.15, -0.1) is 11.8 Å². The second-order valence-corrected chi connectivity index (χ2v) is 10.8. The SMILES string of the molecule is COc1ccc([C@@H]2Sc3ccccc3N(C(=O)CN3CCN(C(=O)OCc4ccccc4)CC3)C[C@@H]2O)cc1. The summed E-state index contributed by atoms with van der Waals surface area (Å²) >= 11 is 1.57. The molecule has 1 saturated heterocycles. The van der Waals surface area contributed by atoms with Gasteiger partial charge in [-0.25, -0.2) is 4.79 Å². The first kappa shape index (κ1) is 27.1. The molecule has 0 saturated carbocycles. The first-order chi connectivity index (χ1) is 19.0. The fourth-order valence-electron chi connectivity index (χ4n) is 4.87. The Labute approximate surface area is 233 Å². The molecule has 9 heteroatoms. The Kier molecular flexibility index (Phi) is 8.71. The zero-order valence-corrected chi connectivity index (χ0v) is 22.8. The van der Waals surface area contributed by atoms with Crippen molar-refractivity contribution in [3.05, 3.63) is 90.0 Å². The van der Waals surface area contributed by atoms with E-state index < -0.39 is 6.10 Å². The number of nitrogens with zero attached hydrogens (tertiary/aromatic N) is 3. The van der Waals surface area contributed by atoms with Crippen LogP contribution in [0.5, 0.6) is 5.75 Å². The lowest BCUT2D eigenvalue weighted by Crippen LogP contribution is -2.52. The number of β-amino-alcohol motifs (C(OH)–C–C–N with tert-alkyl or cyclic N) is 1. The first-order valence-corrected chi connectivity index (χ1v) is 14.0. The molecule has 0 unspecified atom stereocenters. The zero-order chi connectivity index (χ0) is 27.2. The van der Waals surface area contributed by atoms with Crippen molar-refractivity contribution in [2.45, 2.75) is 22.9 Å². The summed E-state index contributed by atoms with van der Waals surface area (Å²) in [5, 5.41) is 11.0. The molecular formula is C30H33N3O5S. The Hall–Kier alpha value is -3.53. The van der Waals surface area contributed by atoms with Crippen LogP contribution >= 0.6 is 11.8 Å². The highest BCUT2D eigenvalue weighted by Gasteiger charge is 2.34. The van der Waals surface area contributed by atoms with E-state index in [1.54, 1.807) is 28.7 Å². The molecule has 3 aromatic rings. The molecule has 39 heavy (non-hydrogen) atoms. The number of amides is 2. The number of aliphatic hydroxyl groups is 1. The molecule has 2 atom stereocenters. The highest BCUT2D eigenvalue weighted by Crippen LogP contribution is 2.45. The van der Waals surface area contributed by atoms with E-state index in [-0.39, 0.29) is 36.9 Å². The molecule has 2 amide bonds. The van der Waals surface area contributed by atoms with Gasteiger partial charge in [0.15, 0.2) is 0 Å². The summed E-state index contributed by atoms with van der Waals surface area (Å²) in [6, 6.07) is 25.1. The van der Waals surface area contributed by atoms with Crippen LogP contribution in [0.15, 0.2) is 83.8 Å². The smallest absolute Gasteiger partial charge is 0.410 e. The minimum Gasteiger partial charge on any atom is -0.497 e. The third-order valence-corrected chi connectivity index (χ3v) is 8.51. The standard InChI is InChI=1S/C30H33N3O5S/c1-37-24-13-11-23(12-14-24)29-26(34)19-33(25-9-5-6-10-27(25)39-29)28(35)20-31-15-17-32(18-16-31)30(36)38-21-22-7-3-2-4-8-22/h2-14,26,29,34H,15-21H2,1H3/t26-,29-/m0/s1. The van der Waals surface area contributed by atoms with Gasteiger partial charge >= 0.3 is 6.09 Å². The number of piperazine rings is 1. The van der Waals surface area contributed by atoms with Crippen molar-refractivity contribution < 1.29 is 24.2 Å². The van der Waals surface area contributed by atoms with Gasteiger partial charge in [-0.3, -0.25) is 9.69 Å². The molecule has 2 heterocycles. The Morgan fingerprint density at radius 1 is 0.923 bits per heavy atom. The van der Waals surface area contributed by atoms with Gasteiger partial charge in [0.1, 0.15) is 12.4 Å². The molecule has 1 fully saturated rings. The van der Waals surface area contributed by atoms with Gasteiger partial charge < -0.3 is 24.4 Å². The molecule has 0 radical (unpaired) electrons. The van der Waals surface area contributed by atoms with Crippen LogP contribution in [0.4, 0.5) is 10.5 Å². The van der Waals surface area contributed by atoms with Crippen LogP contribution in [-0.4, -0.2) is 79.4 Å². The molecular weight excluding hydrogens is 514 g/mol. The quantitative estimate of drug-likeness (QED) is 0.496. The number of ether oxygens (including phenoxy) is 2. The maximum absolute atomic E-state index is 13.6. The number of anilines is 1. The minimum absolute atomic E-state index is 0.0717. The summed E-state index contributed by atoms with van der Waals surface area (Å²) in [5.74, 6) is 0.686. The van der Waals surface area contributed by atoms with Crippen molar-refractivity contribution in [2.75, 3.05) is 51.3 Å². The van der Waals surface area contributed by atoms with Gasteiger partial charge in [-0.1, -0.05) is 54.6 Å². The molecule has 0 bridgehead atoms. The van der Waals surface area contributed by atoms with Gasteiger partial charge in [0, 0.05) is 31.1 Å². The van der Waals surface area contributed by atoms with E-state index in [9.17, 15) is 14.7 Å². The zero-order valence-electron chi connectivity index (χ0n) is 21.9. The van der Waals surface area contributed by atoms with Crippen molar-refractivity contribution >= 4 is 29.4 Å². The Bertz CT molecular complexity index is 1270. The van der Waals surface area contributed by atoms with Crippen LogP contribution in [0.25, 0.3) is 0 Å². The molecule has 2 aliphatic rings. The predicted octanol–water partition coefficient (Wildman–Crippen LogP) is 4.19. The summed E-state index contributed by atoms with van der Waals surface area (Å²) < 4.78 is 10.7. The van der Waals surface area contributed by atoms with Gasteiger partial charge in [0.05, 0.1) is 37.2 Å². The fraction of sp³-hybridized carbons (Fsp3) is 0.333. The summed E-state index contributed by atoms with van der Waals surface area (Å²) in [6.07, 6.45) is -1.09. The van der Waals surface area contributed by atoms with Gasteiger partial charge in [-0.05, 0) is 35.4 Å². The highest BCUT2D eigenvalue weighted by molar-refractivity contribution is 7.99. The number of aliphatic hydroxyl groups excluding tert-OH is 1. The number of hydrogen-bond donors (Lipinski definition) is 1. The topological polar surface area (TPSA) is 82.6 Å². The largest absolute Gasteiger partial charge is 0.497 e. The number of fused-ring (bicyclic) bond motifs is 1. The maximum atomic E-state index is 13.6. The van der Waals surface area contributed by atoms with Crippen LogP contribution in [-0.2, 0) is 16.1 Å². The first-order valence-electron chi connectivity index (χ1n) is 13.1. The lowest BCUT2D eigenvalue weighted by Gasteiger charge is -2.35. The van der Waals surface area contributed by atoms with Crippen molar-refractivity contribution in [2.24, 2.45) is 0 Å². The Balaban J connectivity index is 1.20. The molecule has 0 aromatic heterocycles. The van der Waals surface area contributed by atoms with Gasteiger partial charge in [0.25, 0.3) is 0 Å². The van der Waals surface area contributed by atoms with Crippen molar-refractivity contribution in [3.8, 4) is 5.75 Å². The summed E-state index contributed by atoms with van der Waals surface area (Å²) in [6.45, 7) is 2.80. The van der Waals surface area contributed by atoms with Crippen molar-refractivity contribution in [1.29, 1.82) is 0 Å². The van der Waals surface area contributed by atoms with E-state index in [2.05, 4.69) is 4.90 Å². The fourth-order valence-corrected chi connectivity index (χ4v) is 6.14. The van der Waals surface area contributed by atoms with E-state index in [1.807, 2.05) is 78.9 Å². The number of hydrogen-bond acceptors (Lipinski definition) is 7. The lowest BCUT2D eigenvalue weighted by atomic mass is 10.1. The highest BCUT2D eigenvalue weighted by atomic mass is 32.2. The Morgan fingerprint density at radius 2 is 1.62 bits per heavy atom. The van der Waals surface area contributed by atoms with Crippen molar-refractivity contribution in [3.63, 3.8) is 0 Å². The third-order valence-electron chi connectivity index (χ3n) is 7.07. The van der Waals surface area contributed by atoms with Gasteiger partial charge in [0.2, 0.25) is 5.91 Å². The molecule has 0 aliphatic carbocycles. The summed E-state index contributed by atoms with van der Waals surface area (Å²) in [4.78, 5) is 32.5. The number of thioether (sulfide) groups is 1.